The molecule has 0 saturated carbocycles. The lowest BCUT2D eigenvalue weighted by atomic mass is 10.1. The molecule has 0 unspecified atom stereocenters. The lowest BCUT2D eigenvalue weighted by Crippen LogP contribution is -2.03. The summed E-state index contributed by atoms with van der Waals surface area (Å²) in [6.45, 7) is 4.45. The Balaban J connectivity index is 1.62. The minimum Gasteiger partial charge on any atom is -0.359 e. The summed E-state index contributed by atoms with van der Waals surface area (Å²) in [5.74, 6) is 2.31. The lowest BCUT2D eigenvalue weighted by molar-refractivity contribution is 0.373. The van der Waals surface area contributed by atoms with Crippen LogP contribution in [0.25, 0.3) is 22.6 Å². The fraction of sp³-hybridized carbons (Fsp3) is 0.150. The van der Waals surface area contributed by atoms with Gasteiger partial charge in [-0.1, -0.05) is 65.3 Å². The van der Waals surface area contributed by atoms with Crippen molar-refractivity contribution in [2.45, 2.75) is 20.4 Å². The molecule has 0 atom stereocenters. The van der Waals surface area contributed by atoms with Crippen LogP contribution in [0.2, 0.25) is 0 Å². The summed E-state index contributed by atoms with van der Waals surface area (Å²) in [5.41, 5.74) is 4.12. The normalized spacial score (nSPS) is 11.0. The number of nitrogens with zero attached hydrogens (tertiary/aromatic N) is 4. The quantitative estimate of drug-likeness (QED) is 0.561. The molecule has 2 aromatic heterocycles. The van der Waals surface area contributed by atoms with Gasteiger partial charge in [-0.25, -0.2) is 9.67 Å². The van der Waals surface area contributed by atoms with Crippen molar-refractivity contribution in [3.8, 4) is 22.6 Å². The molecule has 25 heavy (non-hydrogen) atoms. The molecule has 2 aromatic carbocycles. The van der Waals surface area contributed by atoms with E-state index in [-0.39, 0.29) is 0 Å². The number of benzene rings is 2. The highest BCUT2D eigenvalue weighted by atomic mass is 16.5. The molecule has 0 bridgehead atoms. The molecule has 4 rings (SSSR count). The first-order valence-corrected chi connectivity index (χ1v) is 8.18. The van der Waals surface area contributed by atoms with Crippen LogP contribution < -0.4 is 0 Å². The van der Waals surface area contributed by atoms with Gasteiger partial charge in [-0.05, 0) is 13.8 Å². The molecule has 5 heteroatoms. The maximum Gasteiger partial charge on any atom is 0.158 e. The SMILES string of the molecule is Cc1ccc(-c2cc(Cn3nc(C)nc3-c3ccccc3)on2)cc1. The van der Waals surface area contributed by atoms with Crippen LogP contribution >= 0.6 is 0 Å². The van der Waals surface area contributed by atoms with Crippen LogP contribution in [-0.4, -0.2) is 19.9 Å². The summed E-state index contributed by atoms with van der Waals surface area (Å²) >= 11 is 0. The van der Waals surface area contributed by atoms with Gasteiger partial charge in [-0.2, -0.15) is 5.10 Å². The molecule has 0 aliphatic heterocycles. The zero-order valence-electron chi connectivity index (χ0n) is 14.2. The van der Waals surface area contributed by atoms with E-state index in [0.717, 1.165) is 34.2 Å². The number of hydrogen-bond acceptors (Lipinski definition) is 4. The molecule has 0 fully saturated rings. The van der Waals surface area contributed by atoms with Gasteiger partial charge in [0.1, 0.15) is 18.1 Å². The van der Waals surface area contributed by atoms with Gasteiger partial charge in [-0.3, -0.25) is 0 Å². The lowest BCUT2D eigenvalue weighted by Gasteiger charge is -2.03. The number of rotatable bonds is 4. The fourth-order valence-corrected chi connectivity index (χ4v) is 2.76. The van der Waals surface area contributed by atoms with Crippen LogP contribution in [0.15, 0.2) is 65.2 Å². The van der Waals surface area contributed by atoms with Gasteiger partial charge in [0.2, 0.25) is 0 Å². The van der Waals surface area contributed by atoms with Crippen molar-refractivity contribution < 1.29 is 4.52 Å². The minimum atomic E-state index is 0.490. The number of aromatic nitrogens is 4. The Hall–Kier alpha value is -3.21. The molecule has 2 heterocycles. The van der Waals surface area contributed by atoms with Gasteiger partial charge >= 0.3 is 0 Å². The highest BCUT2D eigenvalue weighted by Crippen LogP contribution is 2.22. The maximum absolute atomic E-state index is 5.51. The summed E-state index contributed by atoms with van der Waals surface area (Å²) in [6.07, 6.45) is 0. The second-order valence-electron chi connectivity index (χ2n) is 6.05. The van der Waals surface area contributed by atoms with Crippen molar-refractivity contribution in [1.82, 2.24) is 19.9 Å². The van der Waals surface area contributed by atoms with Gasteiger partial charge in [0.05, 0.1) is 0 Å². The van der Waals surface area contributed by atoms with Crippen molar-refractivity contribution in [3.63, 3.8) is 0 Å². The molecular weight excluding hydrogens is 312 g/mol. The molecule has 4 aromatic rings. The third kappa shape index (κ3) is 3.21. The first kappa shape index (κ1) is 15.3. The first-order chi connectivity index (χ1) is 12.2. The zero-order chi connectivity index (χ0) is 17.2. The molecule has 0 amide bonds. The Bertz CT molecular complexity index is 984. The Kier molecular flexibility index (Phi) is 3.90. The van der Waals surface area contributed by atoms with Crippen molar-refractivity contribution in [3.05, 3.63) is 77.8 Å². The molecule has 0 spiro atoms. The predicted molar refractivity (Wildman–Crippen MR) is 96.0 cm³/mol. The smallest absolute Gasteiger partial charge is 0.158 e. The van der Waals surface area contributed by atoms with Gasteiger partial charge in [0, 0.05) is 17.2 Å². The Morgan fingerprint density at radius 1 is 0.920 bits per heavy atom. The van der Waals surface area contributed by atoms with E-state index in [0.29, 0.717) is 6.54 Å². The van der Waals surface area contributed by atoms with Crippen LogP contribution in [0.5, 0.6) is 0 Å². The third-order valence-electron chi connectivity index (χ3n) is 4.02. The van der Waals surface area contributed by atoms with Crippen LogP contribution in [0.4, 0.5) is 0 Å². The second-order valence-corrected chi connectivity index (χ2v) is 6.05. The van der Waals surface area contributed by atoms with Crippen LogP contribution in [0, 0.1) is 13.8 Å². The standard InChI is InChI=1S/C20H18N4O/c1-14-8-10-16(11-9-14)19-12-18(25-23-19)13-24-20(21-15(2)22-24)17-6-4-3-5-7-17/h3-12H,13H2,1-2H3. The topological polar surface area (TPSA) is 56.7 Å². The molecule has 0 radical (unpaired) electrons. The number of aryl methyl sites for hydroxylation is 2. The summed E-state index contributed by atoms with van der Waals surface area (Å²) in [6, 6.07) is 20.2. The highest BCUT2D eigenvalue weighted by molar-refractivity contribution is 5.59. The molecule has 124 valence electrons. The Labute approximate surface area is 145 Å². The van der Waals surface area contributed by atoms with Crippen LogP contribution in [0.1, 0.15) is 17.1 Å². The van der Waals surface area contributed by atoms with E-state index in [1.807, 2.05) is 60.1 Å². The second kappa shape index (κ2) is 6.36. The molecule has 0 saturated heterocycles. The third-order valence-corrected chi connectivity index (χ3v) is 4.02. The predicted octanol–water partition coefficient (Wildman–Crippen LogP) is 4.27. The van der Waals surface area contributed by atoms with Crippen molar-refractivity contribution in [2.75, 3.05) is 0 Å². The molecule has 5 nitrogen and oxygen atoms in total. The molecule has 0 N–H and O–H groups in total. The zero-order valence-corrected chi connectivity index (χ0v) is 14.2. The van der Waals surface area contributed by atoms with Crippen LogP contribution in [0.3, 0.4) is 0 Å². The average molecular weight is 330 g/mol. The molecule has 0 aliphatic rings. The monoisotopic (exact) mass is 330 g/mol. The van der Waals surface area contributed by atoms with Gasteiger partial charge in [-0.15, -0.1) is 0 Å². The van der Waals surface area contributed by atoms with E-state index >= 15 is 0 Å². The van der Waals surface area contributed by atoms with Crippen molar-refractivity contribution in [1.29, 1.82) is 0 Å². The van der Waals surface area contributed by atoms with E-state index in [1.54, 1.807) is 0 Å². The highest BCUT2D eigenvalue weighted by Gasteiger charge is 2.13. The molecular formula is C20H18N4O. The Morgan fingerprint density at radius 2 is 1.68 bits per heavy atom. The summed E-state index contributed by atoms with van der Waals surface area (Å²) in [5, 5.41) is 8.68. The minimum absolute atomic E-state index is 0.490. The first-order valence-electron chi connectivity index (χ1n) is 8.18. The largest absolute Gasteiger partial charge is 0.359 e. The van der Waals surface area contributed by atoms with Gasteiger partial charge < -0.3 is 4.52 Å². The van der Waals surface area contributed by atoms with E-state index < -0.39 is 0 Å². The van der Waals surface area contributed by atoms with Gasteiger partial charge in [0.25, 0.3) is 0 Å². The maximum atomic E-state index is 5.51. The number of hydrogen-bond donors (Lipinski definition) is 0. The summed E-state index contributed by atoms with van der Waals surface area (Å²) in [7, 11) is 0. The molecule has 0 aliphatic carbocycles. The average Bonchev–Trinajstić information content (AvgIpc) is 3.23. The van der Waals surface area contributed by atoms with Crippen molar-refractivity contribution >= 4 is 0 Å². The van der Waals surface area contributed by atoms with Crippen LogP contribution in [-0.2, 0) is 6.54 Å². The Morgan fingerprint density at radius 3 is 2.44 bits per heavy atom. The van der Waals surface area contributed by atoms with E-state index in [2.05, 4.69) is 34.3 Å². The van der Waals surface area contributed by atoms with E-state index in [4.69, 9.17) is 4.52 Å². The fourth-order valence-electron chi connectivity index (χ4n) is 2.76. The van der Waals surface area contributed by atoms with Crippen molar-refractivity contribution in [2.24, 2.45) is 0 Å². The van der Waals surface area contributed by atoms with Gasteiger partial charge in [0.15, 0.2) is 11.6 Å². The van der Waals surface area contributed by atoms with E-state index in [1.165, 1.54) is 5.56 Å². The van der Waals surface area contributed by atoms with E-state index in [9.17, 15) is 0 Å². The summed E-state index contributed by atoms with van der Waals surface area (Å²) in [4.78, 5) is 4.54. The summed E-state index contributed by atoms with van der Waals surface area (Å²) < 4.78 is 7.37.